The van der Waals surface area contributed by atoms with E-state index in [1.165, 1.54) is 24.8 Å². The summed E-state index contributed by atoms with van der Waals surface area (Å²) >= 11 is 3.36. The van der Waals surface area contributed by atoms with Crippen LogP contribution in [0.25, 0.3) is 0 Å². The highest BCUT2D eigenvalue weighted by Crippen LogP contribution is 2.32. The Morgan fingerprint density at radius 3 is 2.56 bits per heavy atom. The Balaban J connectivity index is 1.64. The molecule has 1 aliphatic rings. The van der Waals surface area contributed by atoms with Gasteiger partial charge in [-0.25, -0.2) is 8.42 Å². The fourth-order valence-corrected chi connectivity index (χ4v) is 6.38. The predicted octanol–water partition coefficient (Wildman–Crippen LogP) is 5.16. The summed E-state index contributed by atoms with van der Waals surface area (Å²) in [6, 6.07) is 19.6. The van der Waals surface area contributed by atoms with Crippen LogP contribution in [0.1, 0.15) is 35.6 Å². The smallest absolute Gasteiger partial charge is 0.264 e. The van der Waals surface area contributed by atoms with Crippen LogP contribution in [0.2, 0.25) is 0 Å². The number of aryl methyl sites for hydroxylation is 2. The van der Waals surface area contributed by atoms with E-state index in [-0.39, 0.29) is 23.4 Å². The molecule has 1 N–H and O–H groups in total. The average Bonchev–Trinajstić information content (AvgIpc) is 2.83. The highest BCUT2D eigenvalue weighted by atomic mass is 79.9. The van der Waals surface area contributed by atoms with Crippen LogP contribution in [0.5, 0.6) is 5.75 Å². The van der Waals surface area contributed by atoms with E-state index in [1.807, 2.05) is 37.3 Å². The second-order valence-electron chi connectivity index (χ2n) is 8.35. The van der Waals surface area contributed by atoms with Crippen LogP contribution in [0.4, 0.5) is 5.69 Å². The maximum Gasteiger partial charge on any atom is 0.264 e. The summed E-state index contributed by atoms with van der Waals surface area (Å²) in [5, 5.41) is 3.07. The van der Waals surface area contributed by atoms with Crippen molar-refractivity contribution in [3.05, 3.63) is 87.9 Å². The first-order valence-electron chi connectivity index (χ1n) is 11.1. The highest BCUT2D eigenvalue weighted by Gasteiger charge is 2.29. The van der Waals surface area contributed by atoms with Gasteiger partial charge in [0.15, 0.2) is 0 Å². The van der Waals surface area contributed by atoms with E-state index in [4.69, 9.17) is 4.74 Å². The number of ether oxygens (including phenoxy) is 1. The molecule has 0 spiro atoms. The monoisotopic (exact) mass is 542 g/mol. The SMILES string of the molecule is COc1ccc(S(=O)(=O)N(CC(=O)N[C@@H]2CCCc3ccccc32)c2ccc(C)cc2)cc1Br. The molecule has 1 amide bonds. The quantitative estimate of drug-likeness (QED) is 0.447. The van der Waals surface area contributed by atoms with Crippen molar-refractivity contribution in [3.63, 3.8) is 0 Å². The lowest BCUT2D eigenvalue weighted by atomic mass is 9.88. The number of benzene rings is 3. The van der Waals surface area contributed by atoms with Crippen LogP contribution < -0.4 is 14.4 Å². The Bertz CT molecular complexity index is 1290. The first-order valence-corrected chi connectivity index (χ1v) is 13.3. The Hall–Kier alpha value is -2.84. The minimum atomic E-state index is -4.02. The molecule has 1 atom stereocenters. The zero-order valence-electron chi connectivity index (χ0n) is 19.1. The molecule has 0 saturated heterocycles. The molecule has 0 radical (unpaired) electrons. The standard InChI is InChI=1S/C26H27BrN2O4S/c1-18-10-12-20(13-11-18)29(34(31,32)21-14-15-25(33-2)23(27)16-21)17-26(30)28-24-9-5-7-19-6-3-4-8-22(19)24/h3-4,6,8,10-16,24H,5,7,9,17H2,1-2H3,(H,28,30)/t24-/m1/s1. The number of rotatable bonds is 7. The lowest BCUT2D eigenvalue weighted by Crippen LogP contribution is -2.42. The highest BCUT2D eigenvalue weighted by molar-refractivity contribution is 9.10. The summed E-state index contributed by atoms with van der Waals surface area (Å²) in [7, 11) is -2.51. The van der Waals surface area contributed by atoms with Crippen molar-refractivity contribution in [3.8, 4) is 5.75 Å². The Morgan fingerprint density at radius 1 is 1.12 bits per heavy atom. The van der Waals surface area contributed by atoms with Gasteiger partial charge in [0.1, 0.15) is 12.3 Å². The first kappa shape index (κ1) is 24.3. The number of amides is 1. The molecule has 3 aromatic rings. The van der Waals surface area contributed by atoms with Gasteiger partial charge < -0.3 is 10.1 Å². The molecule has 0 aliphatic heterocycles. The van der Waals surface area contributed by atoms with Gasteiger partial charge in [0.2, 0.25) is 5.91 Å². The minimum Gasteiger partial charge on any atom is -0.496 e. The lowest BCUT2D eigenvalue weighted by Gasteiger charge is -2.29. The molecule has 34 heavy (non-hydrogen) atoms. The van der Waals surface area contributed by atoms with E-state index < -0.39 is 10.0 Å². The number of carbonyl (C=O) groups is 1. The number of hydrogen-bond acceptors (Lipinski definition) is 4. The third-order valence-electron chi connectivity index (χ3n) is 6.03. The number of methoxy groups -OCH3 is 1. The van der Waals surface area contributed by atoms with Crippen LogP contribution in [-0.4, -0.2) is 28.0 Å². The number of sulfonamides is 1. The third-order valence-corrected chi connectivity index (χ3v) is 8.41. The van der Waals surface area contributed by atoms with Gasteiger partial charge in [-0.3, -0.25) is 9.10 Å². The molecule has 0 bridgehead atoms. The largest absolute Gasteiger partial charge is 0.496 e. The fourth-order valence-electron chi connectivity index (χ4n) is 4.24. The summed E-state index contributed by atoms with van der Waals surface area (Å²) in [6.07, 6.45) is 2.78. The number of hydrogen-bond donors (Lipinski definition) is 1. The van der Waals surface area contributed by atoms with Gasteiger partial charge in [-0.1, -0.05) is 42.0 Å². The Kier molecular flexibility index (Phi) is 7.28. The molecular formula is C26H27BrN2O4S. The maximum absolute atomic E-state index is 13.7. The van der Waals surface area contributed by atoms with Crippen LogP contribution >= 0.6 is 15.9 Å². The van der Waals surface area contributed by atoms with Gasteiger partial charge in [-0.15, -0.1) is 0 Å². The van der Waals surface area contributed by atoms with Gasteiger partial charge in [-0.2, -0.15) is 0 Å². The number of carbonyl (C=O) groups excluding carboxylic acids is 1. The van der Waals surface area contributed by atoms with E-state index in [0.29, 0.717) is 15.9 Å². The average molecular weight is 543 g/mol. The summed E-state index contributed by atoms with van der Waals surface area (Å²) in [6.45, 7) is 1.60. The predicted molar refractivity (Wildman–Crippen MR) is 137 cm³/mol. The molecule has 8 heteroatoms. The van der Waals surface area contributed by atoms with Crippen molar-refractivity contribution in [1.29, 1.82) is 0 Å². The van der Waals surface area contributed by atoms with Crippen molar-refractivity contribution in [2.75, 3.05) is 18.0 Å². The van der Waals surface area contributed by atoms with Gasteiger partial charge in [-0.05, 0) is 83.6 Å². The topological polar surface area (TPSA) is 75.7 Å². The van der Waals surface area contributed by atoms with Crippen LogP contribution in [0, 0.1) is 6.92 Å². The Labute approximate surface area is 209 Å². The summed E-state index contributed by atoms with van der Waals surface area (Å²) in [5.41, 5.74) is 3.75. The molecular weight excluding hydrogens is 516 g/mol. The molecule has 0 fully saturated rings. The van der Waals surface area contributed by atoms with Crippen LogP contribution in [-0.2, 0) is 21.2 Å². The number of halogens is 1. The van der Waals surface area contributed by atoms with Gasteiger partial charge in [0.25, 0.3) is 10.0 Å². The second-order valence-corrected chi connectivity index (χ2v) is 11.1. The molecule has 3 aromatic carbocycles. The molecule has 6 nitrogen and oxygen atoms in total. The van der Waals surface area contributed by atoms with Crippen molar-refractivity contribution in [1.82, 2.24) is 5.32 Å². The molecule has 0 aromatic heterocycles. The fraction of sp³-hybridized carbons (Fsp3) is 0.269. The summed E-state index contributed by atoms with van der Waals surface area (Å²) < 4.78 is 34.3. The van der Waals surface area contributed by atoms with Gasteiger partial charge in [0.05, 0.1) is 28.2 Å². The summed E-state index contributed by atoms with van der Waals surface area (Å²) in [5.74, 6) is 0.174. The maximum atomic E-state index is 13.7. The molecule has 0 unspecified atom stereocenters. The zero-order valence-corrected chi connectivity index (χ0v) is 21.5. The second kappa shape index (κ2) is 10.2. The molecule has 1 aliphatic carbocycles. The number of nitrogens with zero attached hydrogens (tertiary/aromatic N) is 1. The van der Waals surface area contributed by atoms with Crippen molar-refractivity contribution in [2.45, 2.75) is 37.1 Å². The third kappa shape index (κ3) is 5.13. The van der Waals surface area contributed by atoms with E-state index in [0.717, 1.165) is 34.7 Å². The molecule has 0 heterocycles. The van der Waals surface area contributed by atoms with E-state index in [9.17, 15) is 13.2 Å². The zero-order chi connectivity index (χ0) is 24.3. The Morgan fingerprint density at radius 2 is 1.85 bits per heavy atom. The van der Waals surface area contributed by atoms with Crippen LogP contribution in [0.15, 0.2) is 76.1 Å². The minimum absolute atomic E-state index is 0.0663. The molecule has 0 saturated carbocycles. The van der Waals surface area contributed by atoms with E-state index in [2.05, 4.69) is 27.3 Å². The number of anilines is 1. The normalized spacial score (nSPS) is 15.3. The summed E-state index contributed by atoms with van der Waals surface area (Å²) in [4.78, 5) is 13.2. The van der Waals surface area contributed by atoms with Crippen molar-refractivity contribution < 1.29 is 17.9 Å². The number of fused-ring (bicyclic) bond motifs is 1. The van der Waals surface area contributed by atoms with Crippen molar-refractivity contribution >= 4 is 37.5 Å². The van der Waals surface area contributed by atoms with Crippen molar-refractivity contribution in [2.24, 2.45) is 0 Å². The number of nitrogens with one attached hydrogen (secondary N) is 1. The van der Waals surface area contributed by atoms with Crippen LogP contribution in [0.3, 0.4) is 0 Å². The molecule has 4 rings (SSSR count). The molecule has 178 valence electrons. The first-order chi connectivity index (χ1) is 16.3. The van der Waals surface area contributed by atoms with Gasteiger partial charge in [0, 0.05) is 0 Å². The van der Waals surface area contributed by atoms with E-state index in [1.54, 1.807) is 18.2 Å². The van der Waals surface area contributed by atoms with E-state index >= 15 is 0 Å². The lowest BCUT2D eigenvalue weighted by molar-refractivity contribution is -0.120. The van der Waals surface area contributed by atoms with Gasteiger partial charge >= 0.3 is 0 Å².